The van der Waals surface area contributed by atoms with Gasteiger partial charge in [-0.3, -0.25) is 14.9 Å². The van der Waals surface area contributed by atoms with E-state index in [0.717, 1.165) is 22.3 Å². The van der Waals surface area contributed by atoms with Crippen LogP contribution >= 0.6 is 11.3 Å². The molecule has 0 aliphatic heterocycles. The summed E-state index contributed by atoms with van der Waals surface area (Å²) in [4.78, 5) is 39.2. The first-order valence-corrected chi connectivity index (χ1v) is 11.6. The lowest BCUT2D eigenvalue weighted by Gasteiger charge is -2.39. The van der Waals surface area contributed by atoms with Gasteiger partial charge in [0.2, 0.25) is 5.91 Å². The van der Waals surface area contributed by atoms with E-state index in [9.17, 15) is 14.9 Å². The largest absolute Gasteiger partial charge is 0.301 e. The average Bonchev–Trinajstić information content (AvgIpc) is 3.33. The molecule has 2 aliphatic carbocycles. The van der Waals surface area contributed by atoms with Crippen LogP contribution in [0.25, 0.3) is 21.3 Å². The monoisotopic (exact) mass is 459 g/mol. The number of fused-ring (bicyclic) bond motifs is 7. The van der Waals surface area contributed by atoms with Gasteiger partial charge in [-0.05, 0) is 36.5 Å². The molecule has 2 atom stereocenters. The molecular weight excluding hydrogens is 438 g/mol. The molecule has 2 bridgehead atoms. The van der Waals surface area contributed by atoms with Gasteiger partial charge < -0.3 is 5.32 Å². The Labute approximate surface area is 193 Å². The van der Waals surface area contributed by atoms with E-state index in [2.05, 4.69) is 31.1 Å². The van der Waals surface area contributed by atoms with E-state index in [1.807, 2.05) is 24.3 Å². The average molecular weight is 460 g/mol. The molecule has 0 spiro atoms. The molecule has 166 valence electrons. The van der Waals surface area contributed by atoms with Gasteiger partial charge >= 0.3 is 0 Å². The number of nitro benzene ring substituents is 1. The third kappa shape index (κ3) is 2.40. The smallest absolute Gasteiger partial charge is 0.271 e. The molecule has 4 aromatic rings. The van der Waals surface area contributed by atoms with Crippen LogP contribution in [0.1, 0.15) is 45.0 Å². The summed E-state index contributed by atoms with van der Waals surface area (Å²) < 4.78 is 1.01. The summed E-state index contributed by atoms with van der Waals surface area (Å²) in [6, 6.07) is 12.3. The van der Waals surface area contributed by atoms with Gasteiger partial charge in [0.1, 0.15) is 0 Å². The van der Waals surface area contributed by atoms with Gasteiger partial charge in [-0.2, -0.15) is 0 Å². The highest BCUT2D eigenvalue weighted by atomic mass is 32.1. The maximum atomic E-state index is 14.0. The van der Waals surface area contributed by atoms with Crippen molar-refractivity contribution in [3.05, 3.63) is 64.0 Å². The van der Waals surface area contributed by atoms with Crippen molar-refractivity contribution in [2.45, 2.75) is 44.4 Å². The predicted molar refractivity (Wildman–Crippen MR) is 126 cm³/mol. The minimum Gasteiger partial charge on any atom is -0.301 e. The fraction of sp³-hybridized carbons (Fsp3) is 0.333. The zero-order valence-electron chi connectivity index (χ0n) is 18.4. The van der Waals surface area contributed by atoms with Crippen molar-refractivity contribution in [3.8, 4) is 0 Å². The number of carbonyl (C=O) groups is 1. The number of nitro groups is 1. The van der Waals surface area contributed by atoms with Gasteiger partial charge in [0.25, 0.3) is 5.69 Å². The molecule has 2 unspecified atom stereocenters. The molecule has 33 heavy (non-hydrogen) atoms. The molecule has 1 fully saturated rings. The zero-order chi connectivity index (χ0) is 23.2. The number of anilines is 1. The summed E-state index contributed by atoms with van der Waals surface area (Å²) >= 11 is 1.44. The molecule has 2 heterocycles. The number of nitrogens with one attached hydrogen (secondary N) is 1. The second kappa shape index (κ2) is 6.32. The Kier molecular flexibility index (Phi) is 3.86. The maximum Gasteiger partial charge on any atom is 0.271 e. The van der Waals surface area contributed by atoms with Crippen molar-refractivity contribution >= 4 is 49.3 Å². The van der Waals surface area contributed by atoms with Gasteiger partial charge in [-0.25, -0.2) is 15.0 Å². The van der Waals surface area contributed by atoms with Crippen LogP contribution in [0.2, 0.25) is 0 Å². The summed E-state index contributed by atoms with van der Waals surface area (Å²) in [7, 11) is 0. The van der Waals surface area contributed by atoms with Gasteiger partial charge in [0.15, 0.2) is 5.13 Å². The lowest BCUT2D eigenvalue weighted by Crippen LogP contribution is -2.48. The predicted octanol–water partition coefficient (Wildman–Crippen LogP) is 5.12. The van der Waals surface area contributed by atoms with Gasteiger partial charge in [-0.15, -0.1) is 0 Å². The van der Waals surface area contributed by atoms with Crippen LogP contribution in [0.3, 0.4) is 0 Å². The number of thiazole rings is 1. The fourth-order valence-electron chi connectivity index (χ4n) is 5.84. The molecule has 9 heteroatoms. The van der Waals surface area contributed by atoms with Crippen LogP contribution in [0.4, 0.5) is 10.8 Å². The number of nitrogens with zero attached hydrogens (tertiary/aromatic N) is 4. The first-order valence-electron chi connectivity index (χ1n) is 10.8. The van der Waals surface area contributed by atoms with Crippen LogP contribution in [-0.2, 0) is 15.6 Å². The van der Waals surface area contributed by atoms with E-state index in [1.165, 1.54) is 23.5 Å². The molecular formula is C24H21N5O3S. The number of amides is 1. The molecule has 1 N–H and O–H groups in total. The normalized spacial score (nSPS) is 24.8. The topological polar surface area (TPSA) is 111 Å². The summed E-state index contributed by atoms with van der Waals surface area (Å²) in [5, 5.41) is 14.9. The van der Waals surface area contributed by atoms with Crippen molar-refractivity contribution in [1.29, 1.82) is 0 Å². The van der Waals surface area contributed by atoms with Crippen LogP contribution < -0.4 is 5.32 Å². The molecule has 2 aromatic heterocycles. The maximum absolute atomic E-state index is 14.0. The Balaban J connectivity index is 1.52. The first-order chi connectivity index (χ1) is 15.7. The van der Waals surface area contributed by atoms with Crippen molar-refractivity contribution in [2.24, 2.45) is 5.41 Å². The SMILES string of the molecule is CC12CCC(C(=O)Nc3nc4ccccc4s3)(c3nc4cc([N+](=O)[O-])ccc4nc31)C2(C)C. The quantitative estimate of drug-likeness (QED) is 0.336. The second-order valence-corrected chi connectivity index (χ2v) is 10.7. The standard InChI is InChI=1S/C24H21N5O3S/c1-22(2)23(3)10-11-24(22,20(30)28-21-27-15-6-4-5-7-17(15)33-21)19-18(23)25-14-9-8-13(29(31)32)12-16(14)26-19/h4-9,12H,10-11H2,1-3H3,(H,27,28,30). The first kappa shape index (κ1) is 20.2. The molecule has 2 aromatic carbocycles. The Hall–Kier alpha value is -3.46. The summed E-state index contributed by atoms with van der Waals surface area (Å²) in [6.45, 7) is 6.36. The van der Waals surface area contributed by atoms with E-state index in [-0.39, 0.29) is 17.0 Å². The number of non-ortho nitro benzene ring substituents is 1. The van der Waals surface area contributed by atoms with E-state index in [4.69, 9.17) is 9.97 Å². The van der Waals surface area contributed by atoms with Crippen molar-refractivity contribution < 1.29 is 9.72 Å². The summed E-state index contributed by atoms with van der Waals surface area (Å²) in [5.74, 6) is -0.145. The van der Waals surface area contributed by atoms with Crippen molar-refractivity contribution in [1.82, 2.24) is 15.0 Å². The minimum absolute atomic E-state index is 0.0432. The molecule has 8 nitrogen and oxygen atoms in total. The zero-order valence-corrected chi connectivity index (χ0v) is 19.2. The lowest BCUT2D eigenvalue weighted by molar-refractivity contribution is -0.384. The lowest BCUT2D eigenvalue weighted by atomic mass is 9.63. The minimum atomic E-state index is -0.902. The molecule has 6 rings (SSSR count). The van der Waals surface area contributed by atoms with Gasteiger partial charge in [-0.1, -0.05) is 44.2 Å². The van der Waals surface area contributed by atoms with Crippen LogP contribution in [0.15, 0.2) is 42.5 Å². The summed E-state index contributed by atoms with van der Waals surface area (Å²) in [5.41, 5.74) is 1.60. The highest BCUT2D eigenvalue weighted by Gasteiger charge is 2.73. The second-order valence-electron chi connectivity index (χ2n) is 9.65. The van der Waals surface area contributed by atoms with Crippen molar-refractivity contribution in [2.75, 3.05) is 5.32 Å². The number of hydrogen-bond donors (Lipinski definition) is 1. The van der Waals surface area contributed by atoms with E-state index in [0.29, 0.717) is 28.3 Å². The summed E-state index contributed by atoms with van der Waals surface area (Å²) in [6.07, 6.45) is 1.45. The highest BCUT2D eigenvalue weighted by molar-refractivity contribution is 7.22. The number of carbonyl (C=O) groups excluding carboxylic acids is 1. The van der Waals surface area contributed by atoms with Crippen LogP contribution in [0, 0.1) is 15.5 Å². The Morgan fingerprint density at radius 1 is 1.00 bits per heavy atom. The number of hydrogen-bond acceptors (Lipinski definition) is 7. The van der Waals surface area contributed by atoms with Crippen LogP contribution in [-0.4, -0.2) is 25.8 Å². The van der Waals surface area contributed by atoms with E-state index >= 15 is 0 Å². The molecule has 0 radical (unpaired) electrons. The Morgan fingerprint density at radius 2 is 1.76 bits per heavy atom. The molecule has 1 saturated carbocycles. The number of benzene rings is 2. The molecule has 0 saturated heterocycles. The fourth-order valence-corrected chi connectivity index (χ4v) is 6.70. The Bertz CT molecular complexity index is 1480. The van der Waals surface area contributed by atoms with E-state index < -0.39 is 15.8 Å². The number of rotatable bonds is 3. The molecule has 2 aliphatic rings. The Morgan fingerprint density at radius 3 is 2.52 bits per heavy atom. The van der Waals surface area contributed by atoms with Gasteiger partial charge in [0.05, 0.1) is 43.0 Å². The third-order valence-electron chi connectivity index (χ3n) is 8.13. The van der Waals surface area contributed by atoms with E-state index in [1.54, 1.807) is 6.07 Å². The highest BCUT2D eigenvalue weighted by Crippen LogP contribution is 2.70. The third-order valence-corrected chi connectivity index (χ3v) is 9.09. The van der Waals surface area contributed by atoms with Crippen molar-refractivity contribution in [3.63, 3.8) is 0 Å². The number of para-hydroxylation sites is 1. The van der Waals surface area contributed by atoms with Crippen LogP contribution in [0.5, 0.6) is 0 Å². The number of aromatic nitrogens is 3. The van der Waals surface area contributed by atoms with Gasteiger partial charge in [0, 0.05) is 17.5 Å². The molecule has 1 amide bonds.